The Balaban J connectivity index is 0.000000260. The third-order valence-electron chi connectivity index (χ3n) is 2.99. The number of aromatic hydroxyl groups is 1. The lowest BCUT2D eigenvalue weighted by Gasteiger charge is -2.05. The molecule has 2 rings (SSSR count). The van der Waals surface area contributed by atoms with Crippen LogP contribution in [0.25, 0.3) is 0 Å². The van der Waals surface area contributed by atoms with Crippen molar-refractivity contribution in [2.45, 2.75) is 25.2 Å². The summed E-state index contributed by atoms with van der Waals surface area (Å²) in [7, 11) is -4.41. The maximum atomic E-state index is 11.1. The SMILES string of the molecule is CC(=O)CC(=O)Nc1ccccc1.Cc1cc(N)c(O)c(S(=O)(=O)O)c1. The van der Waals surface area contributed by atoms with Crippen molar-refractivity contribution in [2.75, 3.05) is 11.1 Å². The zero-order chi connectivity index (χ0) is 19.9. The van der Waals surface area contributed by atoms with E-state index in [1.807, 2.05) is 18.2 Å². The number of hydrogen-bond acceptors (Lipinski definition) is 6. The first-order valence-corrected chi connectivity index (χ1v) is 8.85. The third-order valence-corrected chi connectivity index (χ3v) is 3.86. The van der Waals surface area contributed by atoms with Gasteiger partial charge in [-0.05, 0) is 43.7 Å². The first kappa shape index (κ1) is 21.1. The van der Waals surface area contributed by atoms with Gasteiger partial charge in [-0.1, -0.05) is 18.2 Å². The van der Waals surface area contributed by atoms with E-state index in [1.54, 1.807) is 19.1 Å². The molecule has 26 heavy (non-hydrogen) atoms. The number of anilines is 2. The highest BCUT2D eigenvalue weighted by atomic mass is 32.2. The smallest absolute Gasteiger partial charge is 0.298 e. The first-order chi connectivity index (χ1) is 12.0. The van der Waals surface area contributed by atoms with E-state index in [4.69, 9.17) is 10.3 Å². The van der Waals surface area contributed by atoms with Crippen LogP contribution in [0.2, 0.25) is 0 Å². The van der Waals surface area contributed by atoms with Crippen LogP contribution < -0.4 is 11.1 Å². The number of rotatable bonds is 4. The molecule has 0 saturated heterocycles. The monoisotopic (exact) mass is 380 g/mol. The third kappa shape index (κ3) is 6.91. The van der Waals surface area contributed by atoms with Crippen molar-refractivity contribution >= 4 is 33.2 Å². The summed E-state index contributed by atoms with van der Waals surface area (Å²) in [6, 6.07) is 11.6. The van der Waals surface area contributed by atoms with Crippen molar-refractivity contribution in [1.82, 2.24) is 0 Å². The van der Waals surface area contributed by atoms with Gasteiger partial charge in [0.25, 0.3) is 10.1 Å². The molecule has 2 aromatic carbocycles. The van der Waals surface area contributed by atoms with E-state index in [0.717, 1.165) is 6.07 Å². The van der Waals surface area contributed by atoms with Gasteiger partial charge >= 0.3 is 0 Å². The van der Waals surface area contributed by atoms with E-state index < -0.39 is 20.8 Å². The highest BCUT2D eigenvalue weighted by Crippen LogP contribution is 2.29. The van der Waals surface area contributed by atoms with Gasteiger partial charge in [0.2, 0.25) is 5.91 Å². The molecule has 1 amide bonds. The fraction of sp³-hybridized carbons (Fsp3) is 0.176. The molecule has 0 fully saturated rings. The molecule has 0 saturated carbocycles. The highest BCUT2D eigenvalue weighted by Gasteiger charge is 2.17. The standard InChI is InChI=1S/C10H11NO2.C7H9NO4S/c1-8(12)7-10(13)11-9-5-3-2-4-6-9;1-4-2-5(8)7(9)6(3-4)13(10,11)12/h2-6H,7H2,1H3,(H,11,13);2-3,9H,8H2,1H3,(H,10,11,12). The lowest BCUT2D eigenvalue weighted by molar-refractivity contribution is -0.124. The van der Waals surface area contributed by atoms with Crippen molar-refractivity contribution in [1.29, 1.82) is 0 Å². The molecule has 0 aliphatic heterocycles. The number of nitrogens with two attached hydrogens (primary N) is 1. The Morgan fingerprint density at radius 1 is 1.15 bits per heavy atom. The van der Waals surface area contributed by atoms with E-state index in [9.17, 15) is 23.1 Å². The molecular weight excluding hydrogens is 360 g/mol. The number of ketones is 1. The predicted octanol–water partition coefficient (Wildman–Crippen LogP) is 2.13. The van der Waals surface area contributed by atoms with Gasteiger partial charge in [0.05, 0.1) is 12.1 Å². The van der Waals surface area contributed by atoms with Gasteiger partial charge in [-0.2, -0.15) is 8.42 Å². The van der Waals surface area contributed by atoms with Crippen LogP contribution in [0.1, 0.15) is 18.9 Å². The Bertz CT molecular complexity index is 895. The number of Topliss-reactive ketones (excluding diaryl/α,β-unsaturated/α-hetero) is 1. The average molecular weight is 380 g/mol. The summed E-state index contributed by atoms with van der Waals surface area (Å²) < 4.78 is 30.1. The van der Waals surface area contributed by atoms with Gasteiger partial charge < -0.3 is 16.2 Å². The highest BCUT2D eigenvalue weighted by molar-refractivity contribution is 7.86. The number of para-hydroxylation sites is 1. The summed E-state index contributed by atoms with van der Waals surface area (Å²) in [6.07, 6.45) is -0.0606. The van der Waals surface area contributed by atoms with Crippen molar-refractivity contribution < 1.29 is 27.7 Å². The Morgan fingerprint density at radius 3 is 2.23 bits per heavy atom. The zero-order valence-electron chi connectivity index (χ0n) is 14.3. The Hall–Kier alpha value is -2.91. The van der Waals surface area contributed by atoms with Crippen molar-refractivity contribution in [3.05, 3.63) is 48.0 Å². The summed E-state index contributed by atoms with van der Waals surface area (Å²) in [5.41, 5.74) is 6.48. The van der Waals surface area contributed by atoms with Gasteiger partial charge in [-0.3, -0.25) is 14.1 Å². The number of aryl methyl sites for hydroxylation is 1. The number of nitrogen functional groups attached to an aromatic ring is 1. The largest absolute Gasteiger partial charge is 0.504 e. The lowest BCUT2D eigenvalue weighted by atomic mass is 10.2. The van der Waals surface area contributed by atoms with Crippen LogP contribution in [-0.2, 0) is 19.7 Å². The summed E-state index contributed by atoms with van der Waals surface area (Å²) >= 11 is 0. The summed E-state index contributed by atoms with van der Waals surface area (Å²) in [5, 5.41) is 11.8. The molecule has 0 heterocycles. The Morgan fingerprint density at radius 2 is 1.73 bits per heavy atom. The van der Waals surface area contributed by atoms with E-state index in [0.29, 0.717) is 11.3 Å². The number of hydrogen-bond donors (Lipinski definition) is 4. The molecule has 0 unspecified atom stereocenters. The zero-order valence-corrected chi connectivity index (χ0v) is 15.1. The maximum Gasteiger partial charge on any atom is 0.298 e. The van der Waals surface area contributed by atoms with Crippen LogP contribution in [0.3, 0.4) is 0 Å². The van der Waals surface area contributed by atoms with Gasteiger partial charge in [0.15, 0.2) is 5.75 Å². The molecule has 0 atom stereocenters. The Kier molecular flexibility index (Phi) is 7.29. The molecular formula is C17H20N2O6S. The number of carbonyl (C=O) groups is 2. The molecule has 0 bridgehead atoms. The second kappa shape index (κ2) is 8.97. The van der Waals surface area contributed by atoms with Crippen LogP contribution in [0, 0.1) is 6.92 Å². The van der Waals surface area contributed by atoms with E-state index in [1.165, 1.54) is 13.0 Å². The van der Waals surface area contributed by atoms with Gasteiger partial charge in [-0.25, -0.2) is 0 Å². The molecule has 9 heteroatoms. The summed E-state index contributed by atoms with van der Waals surface area (Å²) in [5.74, 6) is -1.01. The van der Waals surface area contributed by atoms with Crippen LogP contribution in [0.5, 0.6) is 5.75 Å². The maximum absolute atomic E-state index is 11.1. The van der Waals surface area contributed by atoms with Crippen molar-refractivity contribution in [3.63, 3.8) is 0 Å². The number of amides is 1. The fourth-order valence-corrected chi connectivity index (χ4v) is 2.62. The van der Waals surface area contributed by atoms with Crippen LogP contribution in [0.4, 0.5) is 11.4 Å². The van der Waals surface area contributed by atoms with Crippen LogP contribution >= 0.6 is 0 Å². The second-order valence-corrected chi connectivity index (χ2v) is 6.86. The first-order valence-electron chi connectivity index (χ1n) is 7.41. The molecule has 0 aliphatic carbocycles. The minimum Gasteiger partial charge on any atom is -0.504 e. The molecule has 0 spiro atoms. The van der Waals surface area contributed by atoms with E-state index >= 15 is 0 Å². The number of phenolic OH excluding ortho intramolecular Hbond substituents is 1. The Labute approximate surface area is 151 Å². The van der Waals surface area contributed by atoms with Crippen molar-refractivity contribution in [3.8, 4) is 5.75 Å². The minimum absolute atomic E-state index is 0.0606. The molecule has 0 radical (unpaired) electrons. The molecule has 0 aliphatic rings. The molecule has 8 nitrogen and oxygen atoms in total. The van der Waals surface area contributed by atoms with Gasteiger partial charge in [0, 0.05) is 5.69 Å². The summed E-state index contributed by atoms with van der Waals surface area (Å²) in [6.45, 7) is 3.00. The molecule has 0 aromatic heterocycles. The second-order valence-electron chi connectivity index (χ2n) is 5.47. The lowest BCUT2D eigenvalue weighted by Crippen LogP contribution is -2.14. The van der Waals surface area contributed by atoms with Crippen LogP contribution in [-0.4, -0.2) is 29.8 Å². The normalized spacial score (nSPS) is 10.4. The molecule has 140 valence electrons. The topological polar surface area (TPSA) is 147 Å². The minimum atomic E-state index is -4.41. The van der Waals surface area contributed by atoms with Gasteiger partial charge in [0.1, 0.15) is 10.7 Å². The summed E-state index contributed by atoms with van der Waals surface area (Å²) in [4.78, 5) is 21.1. The van der Waals surface area contributed by atoms with Crippen LogP contribution in [0.15, 0.2) is 47.4 Å². The number of benzene rings is 2. The van der Waals surface area contributed by atoms with E-state index in [2.05, 4.69) is 5.32 Å². The van der Waals surface area contributed by atoms with E-state index in [-0.39, 0.29) is 23.8 Å². The molecule has 5 N–H and O–H groups in total. The quantitative estimate of drug-likeness (QED) is 0.275. The average Bonchev–Trinajstić information content (AvgIpc) is 2.50. The predicted molar refractivity (Wildman–Crippen MR) is 97.4 cm³/mol. The number of nitrogens with one attached hydrogen (secondary N) is 1. The fourth-order valence-electron chi connectivity index (χ4n) is 1.92. The number of carbonyl (C=O) groups excluding carboxylic acids is 2. The molecule has 2 aromatic rings. The van der Waals surface area contributed by atoms with Gasteiger partial charge in [-0.15, -0.1) is 0 Å². The number of phenols is 1. The van der Waals surface area contributed by atoms with Crippen molar-refractivity contribution in [2.24, 2.45) is 0 Å².